The fourth-order valence-electron chi connectivity index (χ4n) is 3.99. The van der Waals surface area contributed by atoms with E-state index >= 15 is 0 Å². The topological polar surface area (TPSA) is 109 Å². The molecule has 202 valence electrons. The van der Waals surface area contributed by atoms with Gasteiger partial charge in [0, 0.05) is 62.5 Å². The minimum Gasteiger partial charge on any atom is -0.485 e. The minimum atomic E-state index is -0.666. The lowest BCUT2D eigenvalue weighted by Crippen LogP contribution is -2.33. The molecule has 0 fully saturated rings. The van der Waals surface area contributed by atoms with Crippen LogP contribution < -0.4 is 25.2 Å². The number of benzene rings is 1. The number of rotatable bonds is 11. The average molecular weight is 543 g/mol. The standard InChI is InChI=1S/C26H31FN6O4S/c1-3-28-25-30-17-20-23(31-25)32(2)12-13-33(24(20)34)18-6-4-7-19(16-18)37-21(22-8-5-15-38-22)9-14-36-26(35)29-11-10-27/h4-8,15-17,21H,3,9-14H2,1-2H3,(H,29,35)(H,28,30,31). The van der Waals surface area contributed by atoms with Gasteiger partial charge < -0.3 is 29.9 Å². The van der Waals surface area contributed by atoms with Gasteiger partial charge in [0.05, 0.1) is 6.61 Å². The number of hydrogen-bond donors (Lipinski definition) is 2. The number of amides is 2. The summed E-state index contributed by atoms with van der Waals surface area (Å²) >= 11 is 1.54. The number of carbonyl (C=O) groups excluding carboxylic acids is 2. The summed E-state index contributed by atoms with van der Waals surface area (Å²) in [5.41, 5.74) is 1.12. The summed E-state index contributed by atoms with van der Waals surface area (Å²) in [6.45, 7) is 3.05. The Labute approximate surface area is 224 Å². The van der Waals surface area contributed by atoms with Gasteiger partial charge in [-0.15, -0.1) is 11.3 Å². The Morgan fingerprint density at radius 1 is 1.26 bits per heavy atom. The molecule has 2 N–H and O–H groups in total. The number of alkyl carbamates (subject to hydrolysis) is 1. The zero-order valence-electron chi connectivity index (χ0n) is 21.4. The molecule has 2 amide bonds. The highest BCUT2D eigenvalue weighted by Gasteiger charge is 2.28. The van der Waals surface area contributed by atoms with Gasteiger partial charge in [0.2, 0.25) is 5.95 Å². The molecule has 0 bridgehead atoms. The van der Waals surface area contributed by atoms with E-state index in [2.05, 4.69) is 20.6 Å². The van der Waals surface area contributed by atoms with Crippen LogP contribution in [0.5, 0.6) is 5.75 Å². The van der Waals surface area contributed by atoms with Crippen LogP contribution in [-0.4, -0.2) is 68.5 Å². The van der Waals surface area contributed by atoms with E-state index in [1.807, 2.05) is 60.6 Å². The molecule has 1 aromatic carbocycles. The molecular formula is C26H31FN6O4S. The molecule has 0 aliphatic carbocycles. The Kier molecular flexibility index (Phi) is 9.30. The first-order valence-corrected chi connectivity index (χ1v) is 13.3. The van der Waals surface area contributed by atoms with Gasteiger partial charge in [0.25, 0.3) is 5.91 Å². The van der Waals surface area contributed by atoms with E-state index in [1.165, 1.54) is 11.3 Å². The van der Waals surface area contributed by atoms with E-state index in [4.69, 9.17) is 9.47 Å². The highest BCUT2D eigenvalue weighted by molar-refractivity contribution is 7.10. The summed E-state index contributed by atoms with van der Waals surface area (Å²) in [5, 5.41) is 7.37. The van der Waals surface area contributed by atoms with Gasteiger partial charge in [-0.2, -0.15) is 4.98 Å². The number of aromatic nitrogens is 2. The Morgan fingerprint density at radius 2 is 2.13 bits per heavy atom. The van der Waals surface area contributed by atoms with Crippen LogP contribution in [0.25, 0.3) is 0 Å². The van der Waals surface area contributed by atoms with Crippen LogP contribution in [0.15, 0.2) is 48.0 Å². The molecule has 1 aliphatic heterocycles. The van der Waals surface area contributed by atoms with E-state index in [0.29, 0.717) is 54.8 Å². The number of thiophene rings is 1. The molecule has 1 atom stereocenters. The third-order valence-electron chi connectivity index (χ3n) is 5.84. The molecule has 2 aromatic heterocycles. The van der Waals surface area contributed by atoms with Gasteiger partial charge >= 0.3 is 6.09 Å². The number of nitrogens with one attached hydrogen (secondary N) is 2. The highest BCUT2D eigenvalue weighted by atomic mass is 32.1. The minimum absolute atomic E-state index is 0.0884. The fourth-order valence-corrected chi connectivity index (χ4v) is 4.78. The molecule has 0 saturated carbocycles. The number of likely N-dealkylation sites (N-methyl/N-ethyl adjacent to an activating group) is 1. The van der Waals surface area contributed by atoms with Crippen LogP contribution in [0.3, 0.4) is 0 Å². The molecule has 3 aromatic rings. The maximum Gasteiger partial charge on any atom is 0.407 e. The molecule has 38 heavy (non-hydrogen) atoms. The van der Waals surface area contributed by atoms with Crippen LogP contribution in [-0.2, 0) is 4.74 Å². The van der Waals surface area contributed by atoms with E-state index in [-0.39, 0.29) is 25.2 Å². The van der Waals surface area contributed by atoms with E-state index in [9.17, 15) is 14.0 Å². The Bertz CT molecular complexity index is 1230. The number of carbonyl (C=O) groups is 2. The molecule has 0 saturated heterocycles. The van der Waals surface area contributed by atoms with Crippen LogP contribution in [0, 0.1) is 0 Å². The molecule has 1 unspecified atom stereocenters. The first-order chi connectivity index (χ1) is 18.5. The predicted molar refractivity (Wildman–Crippen MR) is 145 cm³/mol. The number of fused-ring (bicyclic) bond motifs is 1. The van der Waals surface area contributed by atoms with Crippen molar-refractivity contribution < 1.29 is 23.5 Å². The second-order valence-corrected chi connectivity index (χ2v) is 9.48. The molecule has 10 nitrogen and oxygen atoms in total. The largest absolute Gasteiger partial charge is 0.485 e. The van der Waals surface area contributed by atoms with Crippen LogP contribution in [0.1, 0.15) is 34.7 Å². The molecule has 0 spiro atoms. The zero-order chi connectivity index (χ0) is 26.9. The van der Waals surface area contributed by atoms with Gasteiger partial charge in [0.1, 0.15) is 29.9 Å². The van der Waals surface area contributed by atoms with Crippen molar-refractivity contribution in [3.63, 3.8) is 0 Å². The molecule has 3 heterocycles. The van der Waals surface area contributed by atoms with Crippen molar-refractivity contribution in [3.05, 3.63) is 58.4 Å². The summed E-state index contributed by atoms with van der Waals surface area (Å²) in [5.74, 6) is 1.46. The van der Waals surface area contributed by atoms with Crippen LogP contribution in [0.4, 0.5) is 26.6 Å². The lowest BCUT2D eigenvalue weighted by molar-refractivity contribution is 0.0989. The van der Waals surface area contributed by atoms with Crippen molar-refractivity contribution in [2.45, 2.75) is 19.4 Å². The lowest BCUT2D eigenvalue weighted by Gasteiger charge is -2.23. The predicted octanol–water partition coefficient (Wildman–Crippen LogP) is 4.27. The number of nitrogens with zero attached hydrogens (tertiary/aromatic N) is 4. The summed E-state index contributed by atoms with van der Waals surface area (Å²) in [6.07, 6.45) is 0.930. The summed E-state index contributed by atoms with van der Waals surface area (Å²) in [4.78, 5) is 38.7. The van der Waals surface area contributed by atoms with Gasteiger partial charge in [-0.3, -0.25) is 4.79 Å². The van der Waals surface area contributed by atoms with Crippen molar-refractivity contribution in [1.82, 2.24) is 15.3 Å². The summed E-state index contributed by atoms with van der Waals surface area (Å²) < 4.78 is 23.7. The molecule has 0 radical (unpaired) electrons. The normalized spacial score (nSPS) is 13.9. The zero-order valence-corrected chi connectivity index (χ0v) is 22.2. The summed E-state index contributed by atoms with van der Waals surface area (Å²) in [7, 11) is 1.91. The van der Waals surface area contributed by atoms with E-state index < -0.39 is 12.8 Å². The number of alkyl halides is 1. The third-order valence-corrected chi connectivity index (χ3v) is 6.81. The Hall–Kier alpha value is -3.93. The van der Waals surface area contributed by atoms with Crippen LogP contribution in [0.2, 0.25) is 0 Å². The van der Waals surface area contributed by atoms with E-state index in [0.717, 1.165) is 4.88 Å². The Balaban J connectivity index is 1.50. The lowest BCUT2D eigenvalue weighted by atomic mass is 10.2. The number of anilines is 3. The first kappa shape index (κ1) is 27.1. The quantitative estimate of drug-likeness (QED) is 0.370. The van der Waals surface area contributed by atoms with Crippen molar-refractivity contribution in [2.24, 2.45) is 0 Å². The van der Waals surface area contributed by atoms with Crippen LogP contribution >= 0.6 is 11.3 Å². The van der Waals surface area contributed by atoms with Crippen molar-refractivity contribution in [2.75, 3.05) is 61.6 Å². The molecule has 4 rings (SSSR count). The van der Waals surface area contributed by atoms with Crippen molar-refractivity contribution >= 4 is 40.8 Å². The average Bonchev–Trinajstić information content (AvgIpc) is 3.43. The number of hydrogen-bond acceptors (Lipinski definition) is 9. The smallest absolute Gasteiger partial charge is 0.407 e. The van der Waals surface area contributed by atoms with Crippen molar-refractivity contribution in [3.8, 4) is 5.75 Å². The fraction of sp³-hybridized carbons (Fsp3) is 0.385. The van der Waals surface area contributed by atoms with Gasteiger partial charge in [-0.25, -0.2) is 14.2 Å². The number of ether oxygens (including phenoxy) is 2. The van der Waals surface area contributed by atoms with E-state index in [1.54, 1.807) is 11.1 Å². The first-order valence-electron chi connectivity index (χ1n) is 12.4. The monoisotopic (exact) mass is 542 g/mol. The Morgan fingerprint density at radius 3 is 2.89 bits per heavy atom. The number of halogens is 1. The maximum atomic E-state index is 13.5. The summed E-state index contributed by atoms with van der Waals surface area (Å²) in [6, 6.07) is 11.2. The second-order valence-electron chi connectivity index (χ2n) is 8.50. The van der Waals surface area contributed by atoms with Gasteiger partial charge in [-0.1, -0.05) is 12.1 Å². The third kappa shape index (κ3) is 6.68. The molecular weight excluding hydrogens is 511 g/mol. The van der Waals surface area contributed by atoms with Crippen molar-refractivity contribution in [1.29, 1.82) is 0 Å². The van der Waals surface area contributed by atoms with Gasteiger partial charge in [0.15, 0.2) is 0 Å². The van der Waals surface area contributed by atoms with Gasteiger partial charge in [-0.05, 0) is 30.5 Å². The molecule has 1 aliphatic rings. The molecule has 12 heteroatoms. The second kappa shape index (κ2) is 13.0. The highest BCUT2D eigenvalue weighted by Crippen LogP contribution is 2.32. The maximum absolute atomic E-state index is 13.5. The SMILES string of the molecule is CCNc1ncc2c(n1)N(C)CCN(c1cccc(OC(CCOC(=O)NCCF)c3cccs3)c1)C2=O.